The van der Waals surface area contributed by atoms with Crippen molar-refractivity contribution in [2.75, 3.05) is 26.5 Å². The molecule has 8 heteroatoms. The molecule has 0 aliphatic carbocycles. The minimum atomic E-state index is -0.295. The van der Waals surface area contributed by atoms with Gasteiger partial charge in [-0.25, -0.2) is 4.79 Å². The molecule has 0 atom stereocenters. The van der Waals surface area contributed by atoms with Crippen molar-refractivity contribution < 1.29 is 23.8 Å². The second-order valence-corrected chi connectivity index (χ2v) is 6.45. The molecular formula is C18H21ClN2O5. The second kappa shape index (κ2) is 8.31. The van der Waals surface area contributed by atoms with Gasteiger partial charge in [-0.2, -0.15) is 0 Å². The van der Waals surface area contributed by atoms with Crippen molar-refractivity contribution in [2.45, 2.75) is 25.8 Å². The number of carbonyl (C=O) groups is 2. The summed E-state index contributed by atoms with van der Waals surface area (Å²) in [5.41, 5.74) is 0.756. The number of benzene rings is 1. The van der Waals surface area contributed by atoms with E-state index in [2.05, 4.69) is 5.32 Å². The zero-order valence-corrected chi connectivity index (χ0v) is 15.3. The Labute approximate surface area is 156 Å². The Morgan fingerprint density at radius 1 is 1.35 bits per heavy atom. The van der Waals surface area contributed by atoms with Crippen LogP contribution in [-0.2, 0) is 9.53 Å². The van der Waals surface area contributed by atoms with E-state index in [4.69, 9.17) is 25.8 Å². The van der Waals surface area contributed by atoms with Gasteiger partial charge in [0.2, 0.25) is 12.7 Å². The number of carbonyl (C=O) groups excluding carboxylic acids is 2. The first kappa shape index (κ1) is 18.4. The lowest BCUT2D eigenvalue weighted by Gasteiger charge is -2.31. The molecule has 3 rings (SSSR count). The maximum absolute atomic E-state index is 12.1. The second-order valence-electron chi connectivity index (χ2n) is 6.04. The number of nitrogens with zero attached hydrogens (tertiary/aromatic N) is 1. The van der Waals surface area contributed by atoms with Crippen molar-refractivity contribution >= 4 is 29.7 Å². The van der Waals surface area contributed by atoms with Crippen LogP contribution in [0.2, 0.25) is 5.02 Å². The van der Waals surface area contributed by atoms with Crippen LogP contribution in [0.15, 0.2) is 18.2 Å². The van der Waals surface area contributed by atoms with Crippen LogP contribution in [0.4, 0.5) is 4.79 Å². The Morgan fingerprint density at radius 3 is 2.85 bits per heavy atom. The van der Waals surface area contributed by atoms with Gasteiger partial charge in [0.25, 0.3) is 0 Å². The minimum Gasteiger partial charge on any atom is -0.454 e. The van der Waals surface area contributed by atoms with Crippen molar-refractivity contribution in [1.82, 2.24) is 10.2 Å². The number of halogens is 1. The van der Waals surface area contributed by atoms with Gasteiger partial charge < -0.3 is 24.4 Å². The SMILES string of the molecule is CCOC(=O)N1CCC(NC(=O)/C=C/c2cc(Cl)c3c(c2)OCO3)CC1. The quantitative estimate of drug-likeness (QED) is 0.813. The van der Waals surface area contributed by atoms with Crippen LogP contribution < -0.4 is 14.8 Å². The summed E-state index contributed by atoms with van der Waals surface area (Å²) in [5.74, 6) is 0.916. The van der Waals surface area contributed by atoms with E-state index in [0.717, 1.165) is 5.56 Å². The smallest absolute Gasteiger partial charge is 0.409 e. The predicted molar refractivity (Wildman–Crippen MR) is 96.4 cm³/mol. The highest BCUT2D eigenvalue weighted by Crippen LogP contribution is 2.40. The van der Waals surface area contributed by atoms with Crippen LogP contribution in [-0.4, -0.2) is 49.4 Å². The van der Waals surface area contributed by atoms with Crippen molar-refractivity contribution in [2.24, 2.45) is 0 Å². The molecule has 1 aromatic rings. The summed E-state index contributed by atoms with van der Waals surface area (Å²) in [6.45, 7) is 3.44. The van der Waals surface area contributed by atoms with Crippen LogP contribution in [0.5, 0.6) is 11.5 Å². The molecule has 1 fully saturated rings. The first-order valence-electron chi connectivity index (χ1n) is 8.56. The molecule has 2 amide bonds. The van der Waals surface area contributed by atoms with Crippen LogP contribution >= 0.6 is 11.6 Å². The maximum atomic E-state index is 12.1. The molecule has 1 saturated heterocycles. The van der Waals surface area contributed by atoms with E-state index < -0.39 is 0 Å². The summed E-state index contributed by atoms with van der Waals surface area (Å²) in [7, 11) is 0. The van der Waals surface area contributed by atoms with Crippen molar-refractivity contribution in [3.8, 4) is 11.5 Å². The van der Waals surface area contributed by atoms with E-state index in [1.54, 1.807) is 30.0 Å². The number of nitrogens with one attached hydrogen (secondary N) is 1. The number of rotatable bonds is 4. The van der Waals surface area contributed by atoms with Gasteiger partial charge in [0, 0.05) is 25.2 Å². The number of fused-ring (bicyclic) bond motifs is 1. The van der Waals surface area contributed by atoms with Gasteiger partial charge in [-0.05, 0) is 43.5 Å². The van der Waals surface area contributed by atoms with Crippen molar-refractivity contribution in [3.63, 3.8) is 0 Å². The lowest BCUT2D eigenvalue weighted by atomic mass is 10.1. The molecule has 2 aliphatic heterocycles. The molecule has 26 heavy (non-hydrogen) atoms. The average Bonchev–Trinajstić information content (AvgIpc) is 3.10. The Kier molecular flexibility index (Phi) is 5.88. The minimum absolute atomic E-state index is 0.0400. The number of hydrogen-bond acceptors (Lipinski definition) is 5. The number of piperidine rings is 1. The van der Waals surface area contributed by atoms with E-state index in [-0.39, 0.29) is 24.8 Å². The Bertz CT molecular complexity index is 714. The van der Waals surface area contributed by atoms with Gasteiger partial charge in [-0.3, -0.25) is 4.79 Å². The zero-order valence-electron chi connectivity index (χ0n) is 14.5. The van der Waals surface area contributed by atoms with Crippen molar-refractivity contribution in [3.05, 3.63) is 28.8 Å². The third kappa shape index (κ3) is 4.40. The molecule has 140 valence electrons. The fourth-order valence-electron chi connectivity index (χ4n) is 2.93. The fourth-order valence-corrected chi connectivity index (χ4v) is 3.20. The van der Waals surface area contributed by atoms with Crippen LogP contribution in [0.3, 0.4) is 0 Å². The van der Waals surface area contributed by atoms with Gasteiger partial charge in [0.05, 0.1) is 11.6 Å². The summed E-state index contributed by atoms with van der Waals surface area (Å²) in [4.78, 5) is 25.5. The Balaban J connectivity index is 1.50. The fraction of sp³-hybridized carbons (Fsp3) is 0.444. The standard InChI is InChI=1S/C18H21ClN2O5/c1-2-24-18(23)21-7-5-13(6-8-21)20-16(22)4-3-12-9-14(19)17-15(10-12)25-11-26-17/h3-4,9-10,13H,2,5-8,11H2,1H3,(H,20,22)/b4-3+. The first-order chi connectivity index (χ1) is 12.6. The molecule has 0 aromatic heterocycles. The summed E-state index contributed by atoms with van der Waals surface area (Å²) in [6.07, 6.45) is 4.25. The number of likely N-dealkylation sites (tertiary alicyclic amines) is 1. The highest BCUT2D eigenvalue weighted by Gasteiger charge is 2.24. The molecule has 0 saturated carbocycles. The summed E-state index contributed by atoms with van der Waals surface area (Å²) >= 11 is 6.13. The largest absolute Gasteiger partial charge is 0.454 e. The highest BCUT2D eigenvalue weighted by atomic mass is 35.5. The lowest BCUT2D eigenvalue weighted by Crippen LogP contribution is -2.46. The van der Waals surface area contributed by atoms with Crippen LogP contribution in [0.1, 0.15) is 25.3 Å². The van der Waals surface area contributed by atoms with Crippen LogP contribution in [0, 0.1) is 0 Å². The monoisotopic (exact) mass is 380 g/mol. The molecule has 0 radical (unpaired) electrons. The Morgan fingerprint density at radius 2 is 2.12 bits per heavy atom. The third-order valence-corrected chi connectivity index (χ3v) is 4.52. The summed E-state index contributed by atoms with van der Waals surface area (Å²) in [5, 5.41) is 3.40. The molecule has 1 N–H and O–H groups in total. The average molecular weight is 381 g/mol. The lowest BCUT2D eigenvalue weighted by molar-refractivity contribution is -0.117. The topological polar surface area (TPSA) is 77.1 Å². The predicted octanol–water partition coefficient (Wildman–Crippen LogP) is 2.82. The van der Waals surface area contributed by atoms with E-state index in [9.17, 15) is 9.59 Å². The summed E-state index contributed by atoms with van der Waals surface area (Å²) in [6, 6.07) is 3.53. The molecule has 7 nitrogen and oxygen atoms in total. The normalized spacial score (nSPS) is 16.8. The van der Waals surface area contributed by atoms with Gasteiger partial charge >= 0.3 is 6.09 Å². The van der Waals surface area contributed by atoms with Crippen LogP contribution in [0.25, 0.3) is 6.08 Å². The molecule has 0 unspecified atom stereocenters. The van der Waals surface area contributed by atoms with E-state index in [1.807, 2.05) is 0 Å². The first-order valence-corrected chi connectivity index (χ1v) is 8.94. The van der Waals surface area contributed by atoms with Crippen molar-refractivity contribution in [1.29, 1.82) is 0 Å². The third-order valence-electron chi connectivity index (χ3n) is 4.24. The van der Waals surface area contributed by atoms with E-state index >= 15 is 0 Å². The molecule has 2 aliphatic rings. The highest BCUT2D eigenvalue weighted by molar-refractivity contribution is 6.32. The molecule has 0 bridgehead atoms. The number of ether oxygens (including phenoxy) is 3. The zero-order chi connectivity index (χ0) is 18.5. The van der Waals surface area contributed by atoms with Gasteiger partial charge in [0.15, 0.2) is 11.5 Å². The van der Waals surface area contributed by atoms with Gasteiger partial charge in [-0.15, -0.1) is 0 Å². The molecule has 0 spiro atoms. The molecule has 2 heterocycles. The summed E-state index contributed by atoms with van der Waals surface area (Å²) < 4.78 is 15.6. The van der Waals surface area contributed by atoms with E-state index in [0.29, 0.717) is 49.1 Å². The van der Waals surface area contributed by atoms with E-state index in [1.165, 1.54) is 6.08 Å². The number of amides is 2. The van der Waals surface area contributed by atoms with Gasteiger partial charge in [-0.1, -0.05) is 11.6 Å². The van der Waals surface area contributed by atoms with Gasteiger partial charge in [0.1, 0.15) is 0 Å². The maximum Gasteiger partial charge on any atom is 0.409 e. The Hall–Kier alpha value is -2.41. The molecule has 1 aromatic carbocycles. The molecular weight excluding hydrogens is 360 g/mol. The number of hydrogen-bond donors (Lipinski definition) is 1.